The Labute approximate surface area is 147 Å². The second-order valence-corrected chi connectivity index (χ2v) is 6.29. The third-order valence-corrected chi connectivity index (χ3v) is 4.79. The van der Waals surface area contributed by atoms with E-state index in [4.69, 9.17) is 10.2 Å². The highest BCUT2D eigenvalue weighted by atomic mass is 19.1. The number of nitrogens with zero attached hydrogens (tertiary/aromatic N) is 1. The number of rotatable bonds is 4. The first-order valence-electron chi connectivity index (χ1n) is 7.98. The number of halogens is 1. The van der Waals surface area contributed by atoms with Crippen LogP contribution in [0, 0.1) is 0 Å². The van der Waals surface area contributed by atoms with Gasteiger partial charge in [0.15, 0.2) is 0 Å². The molecule has 1 aromatic carbocycles. The number of carbonyl (C=O) groups excluding carboxylic acids is 2. The number of fused-ring (bicyclic) bond motifs is 1. The minimum absolute atomic E-state index is 0.103. The summed E-state index contributed by atoms with van der Waals surface area (Å²) < 4.78 is 24.3. The van der Waals surface area contributed by atoms with Crippen LogP contribution >= 0.6 is 0 Å². The first kappa shape index (κ1) is 16.3. The minimum atomic E-state index is -1.26. The normalized spacial score (nSPS) is 21.5. The van der Waals surface area contributed by atoms with Gasteiger partial charge < -0.3 is 14.9 Å². The molecular formula is C19H15FN2O4. The van der Waals surface area contributed by atoms with Crippen LogP contribution in [0.1, 0.15) is 22.5 Å². The van der Waals surface area contributed by atoms with Gasteiger partial charge in [0.25, 0.3) is 0 Å². The Bertz CT molecular complexity index is 1040. The Hall–Kier alpha value is -3.22. The Morgan fingerprint density at radius 2 is 2.08 bits per heavy atom. The maximum atomic E-state index is 13.8. The quantitative estimate of drug-likeness (QED) is 0.727. The zero-order valence-corrected chi connectivity index (χ0v) is 13.9. The van der Waals surface area contributed by atoms with E-state index in [0.717, 1.165) is 0 Å². The van der Waals surface area contributed by atoms with E-state index in [1.807, 2.05) is 0 Å². The van der Waals surface area contributed by atoms with Crippen LogP contribution in [0.25, 0.3) is 22.3 Å². The molecule has 1 saturated carbocycles. The van der Waals surface area contributed by atoms with Crippen LogP contribution in [0.5, 0.6) is 0 Å². The van der Waals surface area contributed by atoms with Gasteiger partial charge in [-0.05, 0) is 35.9 Å². The van der Waals surface area contributed by atoms with Crippen LogP contribution in [-0.4, -0.2) is 30.1 Å². The van der Waals surface area contributed by atoms with Gasteiger partial charge in [-0.3, -0.25) is 4.79 Å². The van der Waals surface area contributed by atoms with Crippen molar-refractivity contribution in [2.24, 2.45) is 5.73 Å². The molecule has 1 aliphatic carbocycles. The molecule has 3 aromatic rings. The fourth-order valence-electron chi connectivity index (χ4n) is 3.18. The molecule has 2 atom stereocenters. The smallest absolute Gasteiger partial charge is 0.356 e. The Morgan fingerprint density at radius 3 is 2.73 bits per heavy atom. The number of esters is 1. The second-order valence-electron chi connectivity index (χ2n) is 6.29. The maximum absolute atomic E-state index is 13.8. The van der Waals surface area contributed by atoms with Gasteiger partial charge in [-0.15, -0.1) is 0 Å². The van der Waals surface area contributed by atoms with E-state index in [-0.39, 0.29) is 12.1 Å². The lowest BCUT2D eigenvalue weighted by atomic mass is 9.94. The highest BCUT2D eigenvalue weighted by Gasteiger charge is 2.61. The summed E-state index contributed by atoms with van der Waals surface area (Å²) >= 11 is 0. The molecule has 0 spiro atoms. The molecule has 7 heteroatoms. The lowest BCUT2D eigenvalue weighted by Gasteiger charge is -2.10. The van der Waals surface area contributed by atoms with E-state index in [2.05, 4.69) is 9.72 Å². The van der Waals surface area contributed by atoms with Crippen molar-refractivity contribution < 1.29 is 23.1 Å². The Balaban J connectivity index is 1.75. The zero-order valence-electron chi connectivity index (χ0n) is 13.9. The van der Waals surface area contributed by atoms with Crippen LogP contribution in [0.15, 0.2) is 47.0 Å². The van der Waals surface area contributed by atoms with E-state index in [9.17, 15) is 14.0 Å². The van der Waals surface area contributed by atoms with E-state index in [1.165, 1.54) is 13.3 Å². The molecule has 1 aliphatic rings. The number of hydrogen-bond acceptors (Lipinski definition) is 5. The largest absolute Gasteiger partial charge is 0.464 e. The number of ether oxygens (including phenoxy) is 1. The topological polar surface area (TPSA) is 95.4 Å². The Kier molecular flexibility index (Phi) is 3.54. The molecule has 0 aliphatic heterocycles. The summed E-state index contributed by atoms with van der Waals surface area (Å²) in [4.78, 5) is 27.3. The molecule has 6 nitrogen and oxygen atoms in total. The number of pyridine rings is 1. The summed E-state index contributed by atoms with van der Waals surface area (Å²) in [6, 6.07) is 10.1. The first-order valence-corrected chi connectivity index (χ1v) is 7.98. The average Bonchev–Trinajstić information content (AvgIpc) is 3.16. The summed E-state index contributed by atoms with van der Waals surface area (Å²) in [5, 5.41) is 0.716. The second kappa shape index (κ2) is 5.66. The van der Waals surface area contributed by atoms with Crippen molar-refractivity contribution >= 4 is 22.8 Å². The molecule has 0 saturated heterocycles. The SMILES string of the molecule is COC(=O)c1cc(-c2cc3cc([C@]4(C(N)=O)C[C@@H]4F)ccc3o2)ccn1. The lowest BCUT2D eigenvalue weighted by molar-refractivity contribution is -0.120. The van der Waals surface area contributed by atoms with Crippen LogP contribution < -0.4 is 5.73 Å². The van der Waals surface area contributed by atoms with Crippen LogP contribution in [0.4, 0.5) is 4.39 Å². The lowest BCUT2D eigenvalue weighted by Crippen LogP contribution is -2.30. The minimum Gasteiger partial charge on any atom is -0.464 e. The molecule has 2 heterocycles. The van der Waals surface area contributed by atoms with Gasteiger partial charge >= 0.3 is 5.97 Å². The molecular weight excluding hydrogens is 339 g/mol. The number of primary amides is 1. The number of amides is 1. The first-order chi connectivity index (χ1) is 12.5. The Morgan fingerprint density at radius 1 is 1.31 bits per heavy atom. The van der Waals surface area contributed by atoms with Crippen LogP contribution in [0.2, 0.25) is 0 Å². The number of aromatic nitrogens is 1. The summed E-state index contributed by atoms with van der Waals surface area (Å²) in [7, 11) is 1.28. The van der Waals surface area contributed by atoms with Gasteiger partial charge in [0.2, 0.25) is 5.91 Å². The third kappa shape index (κ3) is 2.35. The van der Waals surface area contributed by atoms with Crippen molar-refractivity contribution in [2.75, 3.05) is 7.11 Å². The van der Waals surface area contributed by atoms with Gasteiger partial charge in [-0.25, -0.2) is 14.2 Å². The molecule has 1 amide bonds. The molecule has 0 radical (unpaired) electrons. The summed E-state index contributed by atoms with van der Waals surface area (Å²) in [5.74, 6) is -0.688. The molecule has 0 bridgehead atoms. The van der Waals surface area contributed by atoms with Gasteiger partial charge in [-0.2, -0.15) is 0 Å². The monoisotopic (exact) mass is 354 g/mol. The molecule has 0 unspecified atom stereocenters. The predicted molar refractivity (Wildman–Crippen MR) is 91.2 cm³/mol. The fraction of sp³-hybridized carbons (Fsp3) is 0.211. The zero-order chi connectivity index (χ0) is 18.5. The molecule has 2 N–H and O–H groups in total. The number of hydrogen-bond donors (Lipinski definition) is 1. The van der Waals surface area contributed by atoms with E-state index in [1.54, 1.807) is 36.4 Å². The molecule has 132 valence electrons. The standard InChI is InChI=1S/C19H15FN2O4/c1-25-17(23)13-7-10(4-5-22-13)15-8-11-6-12(2-3-14(11)26-15)19(18(21)24)9-16(19)20/h2-8,16H,9H2,1H3,(H2,21,24)/t16-,19+/m0/s1. The average molecular weight is 354 g/mol. The van der Waals surface area contributed by atoms with E-state index in [0.29, 0.717) is 27.9 Å². The van der Waals surface area contributed by atoms with Gasteiger partial charge in [-0.1, -0.05) is 6.07 Å². The van der Waals surface area contributed by atoms with Crippen molar-refractivity contribution in [3.05, 3.63) is 53.9 Å². The number of carbonyl (C=O) groups is 2. The molecule has 4 rings (SSSR count). The van der Waals surface area contributed by atoms with E-state index >= 15 is 0 Å². The fourth-order valence-corrected chi connectivity index (χ4v) is 3.18. The predicted octanol–water partition coefficient (Wildman–Crippen LogP) is 2.75. The number of alkyl halides is 1. The van der Waals surface area contributed by atoms with Crippen molar-refractivity contribution in [3.63, 3.8) is 0 Å². The maximum Gasteiger partial charge on any atom is 0.356 e. The summed E-state index contributed by atoms with van der Waals surface area (Å²) in [5.41, 5.74) is 6.10. The van der Waals surface area contributed by atoms with Crippen molar-refractivity contribution in [2.45, 2.75) is 18.0 Å². The van der Waals surface area contributed by atoms with Crippen LogP contribution in [0.3, 0.4) is 0 Å². The molecule has 2 aromatic heterocycles. The molecule has 26 heavy (non-hydrogen) atoms. The van der Waals surface area contributed by atoms with Gasteiger partial charge in [0.1, 0.15) is 28.6 Å². The van der Waals surface area contributed by atoms with Gasteiger partial charge in [0, 0.05) is 23.6 Å². The van der Waals surface area contributed by atoms with Gasteiger partial charge in [0.05, 0.1) is 7.11 Å². The molecule has 1 fully saturated rings. The summed E-state index contributed by atoms with van der Waals surface area (Å²) in [6.45, 7) is 0. The van der Waals surface area contributed by atoms with Crippen molar-refractivity contribution in [1.29, 1.82) is 0 Å². The van der Waals surface area contributed by atoms with Crippen molar-refractivity contribution in [3.8, 4) is 11.3 Å². The third-order valence-electron chi connectivity index (χ3n) is 4.79. The number of benzene rings is 1. The highest BCUT2D eigenvalue weighted by molar-refractivity contribution is 5.94. The number of methoxy groups -OCH3 is 1. The van der Waals surface area contributed by atoms with E-state index < -0.39 is 23.5 Å². The highest BCUT2D eigenvalue weighted by Crippen LogP contribution is 2.51. The van der Waals surface area contributed by atoms with Crippen LogP contribution in [-0.2, 0) is 14.9 Å². The summed E-state index contributed by atoms with van der Waals surface area (Å²) in [6.07, 6.45) is 0.331. The number of nitrogens with two attached hydrogens (primary N) is 1. The number of furan rings is 1. The van der Waals surface area contributed by atoms with Crippen molar-refractivity contribution in [1.82, 2.24) is 4.98 Å².